The molecule has 1 aliphatic carbocycles. The van der Waals surface area contributed by atoms with Gasteiger partial charge in [-0.05, 0) is 32.3 Å². The van der Waals surface area contributed by atoms with E-state index in [2.05, 4.69) is 26.0 Å². The van der Waals surface area contributed by atoms with Gasteiger partial charge in [0.2, 0.25) is 5.91 Å². The largest absolute Gasteiger partial charge is 0.335 e. The van der Waals surface area contributed by atoms with Crippen LogP contribution in [0.15, 0.2) is 30.3 Å². The predicted molar refractivity (Wildman–Crippen MR) is 77.5 cm³/mol. The van der Waals surface area contributed by atoms with Gasteiger partial charge in [-0.1, -0.05) is 36.8 Å². The fourth-order valence-electron chi connectivity index (χ4n) is 2.68. The third-order valence-electron chi connectivity index (χ3n) is 4.24. The van der Waals surface area contributed by atoms with Crippen molar-refractivity contribution < 1.29 is 4.79 Å². The van der Waals surface area contributed by atoms with E-state index in [0.29, 0.717) is 13.1 Å². The van der Waals surface area contributed by atoms with Gasteiger partial charge in [0.25, 0.3) is 0 Å². The minimum atomic E-state index is -0.279. The van der Waals surface area contributed by atoms with E-state index in [0.717, 1.165) is 19.3 Å². The fraction of sp³-hybridized carbons (Fsp3) is 0.562. The second-order valence-corrected chi connectivity index (χ2v) is 5.85. The maximum absolute atomic E-state index is 12.8. The monoisotopic (exact) mass is 260 g/mol. The molecule has 1 fully saturated rings. The second kappa shape index (κ2) is 5.74. The van der Waals surface area contributed by atoms with Crippen LogP contribution in [0.3, 0.4) is 0 Å². The Bertz CT molecular complexity index is 418. The Morgan fingerprint density at radius 2 is 1.95 bits per heavy atom. The molecule has 1 aliphatic rings. The molecule has 1 aromatic carbocycles. The quantitative estimate of drug-likeness (QED) is 0.884. The minimum Gasteiger partial charge on any atom is -0.335 e. The van der Waals surface area contributed by atoms with Crippen LogP contribution in [0.1, 0.15) is 38.7 Å². The molecule has 0 saturated heterocycles. The molecule has 1 saturated carbocycles. The van der Waals surface area contributed by atoms with Crippen molar-refractivity contribution in [1.82, 2.24) is 4.90 Å². The average Bonchev–Trinajstić information content (AvgIpc) is 2.36. The topological polar surface area (TPSA) is 46.3 Å². The van der Waals surface area contributed by atoms with E-state index in [1.807, 2.05) is 23.1 Å². The summed E-state index contributed by atoms with van der Waals surface area (Å²) in [6.45, 7) is 5.30. The first-order chi connectivity index (χ1) is 9.09. The molecule has 0 aromatic heterocycles. The van der Waals surface area contributed by atoms with Crippen molar-refractivity contribution in [2.24, 2.45) is 11.1 Å². The molecule has 19 heavy (non-hydrogen) atoms. The molecule has 2 N–H and O–H groups in total. The van der Waals surface area contributed by atoms with E-state index in [4.69, 9.17) is 5.73 Å². The number of benzene rings is 1. The van der Waals surface area contributed by atoms with E-state index >= 15 is 0 Å². The molecular formula is C16H24N2O. The van der Waals surface area contributed by atoms with Crippen LogP contribution in [0.2, 0.25) is 0 Å². The summed E-state index contributed by atoms with van der Waals surface area (Å²) in [6.07, 6.45) is 3.01. The van der Waals surface area contributed by atoms with Crippen molar-refractivity contribution in [2.75, 3.05) is 6.54 Å². The highest BCUT2D eigenvalue weighted by atomic mass is 16.2. The van der Waals surface area contributed by atoms with Crippen LogP contribution in [-0.2, 0) is 11.3 Å². The lowest BCUT2D eigenvalue weighted by Crippen LogP contribution is -2.53. The molecular weight excluding hydrogens is 236 g/mol. The Balaban J connectivity index is 2.14. The van der Waals surface area contributed by atoms with E-state index in [1.165, 1.54) is 5.56 Å². The number of nitrogens with two attached hydrogens (primary N) is 1. The number of amides is 1. The van der Waals surface area contributed by atoms with E-state index < -0.39 is 0 Å². The minimum absolute atomic E-state index is 0.205. The van der Waals surface area contributed by atoms with Crippen LogP contribution < -0.4 is 5.73 Å². The Hall–Kier alpha value is -1.35. The van der Waals surface area contributed by atoms with E-state index in [1.54, 1.807) is 0 Å². The Kier molecular flexibility index (Phi) is 4.25. The molecule has 0 bridgehead atoms. The van der Waals surface area contributed by atoms with Gasteiger partial charge in [0.05, 0.1) is 5.41 Å². The average molecular weight is 260 g/mol. The van der Waals surface area contributed by atoms with Gasteiger partial charge in [0.1, 0.15) is 0 Å². The highest BCUT2D eigenvalue weighted by molar-refractivity contribution is 5.84. The zero-order valence-corrected chi connectivity index (χ0v) is 11.9. The fourth-order valence-corrected chi connectivity index (χ4v) is 2.68. The zero-order chi connectivity index (χ0) is 13.9. The van der Waals surface area contributed by atoms with Crippen molar-refractivity contribution >= 4 is 5.91 Å². The van der Waals surface area contributed by atoms with Gasteiger partial charge >= 0.3 is 0 Å². The number of rotatable bonds is 5. The molecule has 0 radical (unpaired) electrons. The van der Waals surface area contributed by atoms with Crippen molar-refractivity contribution in [2.45, 2.75) is 45.7 Å². The van der Waals surface area contributed by atoms with Gasteiger partial charge in [-0.25, -0.2) is 0 Å². The molecule has 0 heterocycles. The summed E-state index contributed by atoms with van der Waals surface area (Å²) in [4.78, 5) is 14.7. The summed E-state index contributed by atoms with van der Waals surface area (Å²) in [6, 6.07) is 10.4. The first-order valence-electron chi connectivity index (χ1n) is 7.14. The molecule has 3 heteroatoms. The SMILES string of the molecule is CC(C)N(Cc1ccccc1)C(=O)C1(CN)CCC1. The summed E-state index contributed by atoms with van der Waals surface area (Å²) in [5, 5.41) is 0. The lowest BCUT2D eigenvalue weighted by Gasteiger charge is -2.44. The van der Waals surface area contributed by atoms with Crippen molar-refractivity contribution in [1.29, 1.82) is 0 Å². The van der Waals surface area contributed by atoms with Gasteiger partial charge in [-0.15, -0.1) is 0 Å². The van der Waals surface area contributed by atoms with Crippen LogP contribution in [0.5, 0.6) is 0 Å². The number of nitrogens with zero attached hydrogens (tertiary/aromatic N) is 1. The van der Waals surface area contributed by atoms with Gasteiger partial charge in [-0.2, -0.15) is 0 Å². The summed E-state index contributed by atoms with van der Waals surface area (Å²) >= 11 is 0. The standard InChI is InChI=1S/C16H24N2O/c1-13(2)18(11-14-7-4-3-5-8-14)15(19)16(12-17)9-6-10-16/h3-5,7-8,13H,6,9-12,17H2,1-2H3. The third kappa shape index (κ3) is 2.81. The molecule has 0 spiro atoms. The molecule has 0 aliphatic heterocycles. The van der Waals surface area contributed by atoms with Crippen LogP contribution in [-0.4, -0.2) is 23.4 Å². The van der Waals surface area contributed by atoms with E-state index in [9.17, 15) is 4.79 Å². The molecule has 0 unspecified atom stereocenters. The summed E-state index contributed by atoms with van der Waals surface area (Å²) in [5.41, 5.74) is 6.75. The maximum atomic E-state index is 12.8. The highest BCUT2D eigenvalue weighted by Crippen LogP contribution is 2.42. The van der Waals surface area contributed by atoms with Crippen molar-refractivity contribution in [3.8, 4) is 0 Å². The number of hydrogen-bond donors (Lipinski definition) is 1. The van der Waals surface area contributed by atoms with Crippen LogP contribution in [0.25, 0.3) is 0 Å². The molecule has 1 amide bonds. The molecule has 2 rings (SSSR count). The lowest BCUT2D eigenvalue weighted by atomic mass is 9.67. The normalized spacial score (nSPS) is 17.1. The Labute approximate surface area is 115 Å². The number of hydrogen-bond acceptors (Lipinski definition) is 2. The summed E-state index contributed by atoms with van der Waals surface area (Å²) in [5.74, 6) is 0.236. The Morgan fingerprint density at radius 1 is 1.32 bits per heavy atom. The summed E-state index contributed by atoms with van der Waals surface area (Å²) < 4.78 is 0. The third-order valence-corrected chi connectivity index (χ3v) is 4.24. The Morgan fingerprint density at radius 3 is 2.37 bits per heavy atom. The lowest BCUT2D eigenvalue weighted by molar-refractivity contribution is -0.149. The van der Waals surface area contributed by atoms with Crippen LogP contribution in [0, 0.1) is 5.41 Å². The molecule has 3 nitrogen and oxygen atoms in total. The first-order valence-corrected chi connectivity index (χ1v) is 7.14. The van der Waals surface area contributed by atoms with Gasteiger partial charge in [0.15, 0.2) is 0 Å². The first kappa shape index (κ1) is 14.1. The summed E-state index contributed by atoms with van der Waals surface area (Å²) in [7, 11) is 0. The number of carbonyl (C=O) groups excluding carboxylic acids is 1. The number of carbonyl (C=O) groups is 1. The highest BCUT2D eigenvalue weighted by Gasteiger charge is 2.45. The second-order valence-electron chi connectivity index (χ2n) is 5.85. The molecule has 1 aromatic rings. The van der Waals surface area contributed by atoms with Crippen LogP contribution in [0.4, 0.5) is 0 Å². The predicted octanol–water partition coefficient (Wildman–Crippen LogP) is 2.55. The van der Waals surface area contributed by atoms with Crippen molar-refractivity contribution in [3.63, 3.8) is 0 Å². The smallest absolute Gasteiger partial charge is 0.230 e. The molecule has 104 valence electrons. The van der Waals surface area contributed by atoms with Crippen LogP contribution >= 0.6 is 0 Å². The van der Waals surface area contributed by atoms with Gasteiger partial charge in [0, 0.05) is 19.1 Å². The van der Waals surface area contributed by atoms with E-state index in [-0.39, 0.29) is 17.4 Å². The van der Waals surface area contributed by atoms with Crippen molar-refractivity contribution in [3.05, 3.63) is 35.9 Å². The maximum Gasteiger partial charge on any atom is 0.230 e. The van der Waals surface area contributed by atoms with Gasteiger partial charge < -0.3 is 10.6 Å². The molecule has 0 atom stereocenters. The zero-order valence-electron chi connectivity index (χ0n) is 11.9. The van der Waals surface area contributed by atoms with Gasteiger partial charge in [-0.3, -0.25) is 4.79 Å².